The minimum absolute atomic E-state index is 0.0718. The average molecular weight is 305 g/mol. The number of aliphatic hydroxyl groups excluding tert-OH is 1. The summed E-state index contributed by atoms with van der Waals surface area (Å²) in [6, 6.07) is 0.323. The van der Waals surface area contributed by atoms with E-state index in [0.29, 0.717) is 18.9 Å². The monoisotopic (exact) mass is 305 g/mol. The van der Waals surface area contributed by atoms with Gasteiger partial charge in [-0.1, -0.05) is 12.8 Å². The second-order valence-corrected chi connectivity index (χ2v) is 5.40. The zero-order valence-corrected chi connectivity index (χ0v) is 11.2. The number of rotatable bonds is 4. The number of amides is 1. The number of benzene rings is 1. The molecule has 1 aliphatic rings. The van der Waals surface area contributed by atoms with E-state index < -0.39 is 40.2 Å². The lowest BCUT2D eigenvalue weighted by molar-refractivity contribution is 0.0875. The number of carbonyl (C=O) groups excluding carboxylic acids is 1. The average Bonchev–Trinajstić information content (AvgIpc) is 2.96. The van der Waals surface area contributed by atoms with Crippen LogP contribution >= 0.6 is 0 Å². The van der Waals surface area contributed by atoms with E-state index in [1.807, 2.05) is 0 Å². The Morgan fingerprint density at radius 3 is 2.33 bits per heavy atom. The smallest absolute Gasteiger partial charge is 0.254 e. The van der Waals surface area contributed by atoms with Crippen molar-refractivity contribution in [2.75, 3.05) is 13.2 Å². The maximum atomic E-state index is 13.5. The highest BCUT2D eigenvalue weighted by atomic mass is 19.2. The Morgan fingerprint density at radius 2 is 1.76 bits per heavy atom. The summed E-state index contributed by atoms with van der Waals surface area (Å²) in [5, 5.41) is 11.7. The fraction of sp³-hybridized carbons (Fsp3) is 0.500. The summed E-state index contributed by atoms with van der Waals surface area (Å²) in [7, 11) is 0. The van der Waals surface area contributed by atoms with Crippen molar-refractivity contribution in [2.45, 2.75) is 25.7 Å². The van der Waals surface area contributed by atoms with Gasteiger partial charge >= 0.3 is 0 Å². The number of aliphatic hydroxyl groups is 1. The van der Waals surface area contributed by atoms with Gasteiger partial charge in [0.2, 0.25) is 0 Å². The highest BCUT2D eigenvalue weighted by molar-refractivity contribution is 5.94. The van der Waals surface area contributed by atoms with Crippen LogP contribution in [0.4, 0.5) is 17.6 Å². The lowest BCUT2D eigenvalue weighted by atomic mass is 9.87. The standard InChI is InChI=1S/C14H15F4NO2/c15-9-5-8(10(16)12(18)11(9)17)13(21)19-6-14(7-20)3-1-2-4-14/h5,20H,1-4,6-7H2,(H,19,21). The molecular weight excluding hydrogens is 290 g/mol. The molecule has 0 aromatic heterocycles. The van der Waals surface area contributed by atoms with E-state index in [-0.39, 0.29) is 13.2 Å². The molecule has 0 aliphatic heterocycles. The topological polar surface area (TPSA) is 49.3 Å². The van der Waals surface area contributed by atoms with Crippen LogP contribution in [0.1, 0.15) is 36.0 Å². The molecule has 0 atom stereocenters. The second-order valence-electron chi connectivity index (χ2n) is 5.40. The highest BCUT2D eigenvalue weighted by Gasteiger charge is 2.34. The zero-order valence-electron chi connectivity index (χ0n) is 11.2. The van der Waals surface area contributed by atoms with Crippen molar-refractivity contribution in [3.63, 3.8) is 0 Å². The van der Waals surface area contributed by atoms with E-state index in [9.17, 15) is 27.5 Å². The van der Waals surface area contributed by atoms with Crippen molar-refractivity contribution in [3.8, 4) is 0 Å². The van der Waals surface area contributed by atoms with Crippen LogP contribution in [0.2, 0.25) is 0 Å². The molecule has 3 nitrogen and oxygen atoms in total. The van der Waals surface area contributed by atoms with Gasteiger partial charge in [0.1, 0.15) is 0 Å². The summed E-state index contributed by atoms with van der Waals surface area (Å²) < 4.78 is 52.5. The maximum absolute atomic E-state index is 13.5. The van der Waals surface area contributed by atoms with Crippen molar-refractivity contribution in [3.05, 3.63) is 34.9 Å². The molecule has 0 unspecified atom stereocenters. The van der Waals surface area contributed by atoms with E-state index >= 15 is 0 Å². The molecule has 1 amide bonds. The fourth-order valence-corrected chi connectivity index (χ4v) is 2.62. The summed E-state index contributed by atoms with van der Waals surface area (Å²) in [5.41, 5.74) is -1.37. The highest BCUT2D eigenvalue weighted by Crippen LogP contribution is 2.37. The summed E-state index contributed by atoms with van der Waals surface area (Å²) in [5.74, 6) is -8.36. The summed E-state index contributed by atoms with van der Waals surface area (Å²) in [6.07, 6.45) is 3.23. The van der Waals surface area contributed by atoms with Gasteiger partial charge in [-0.05, 0) is 18.9 Å². The molecular formula is C14H15F4NO2. The minimum atomic E-state index is -2.02. The first-order chi connectivity index (χ1) is 9.90. The van der Waals surface area contributed by atoms with E-state index in [1.165, 1.54) is 0 Å². The third kappa shape index (κ3) is 3.02. The van der Waals surface area contributed by atoms with Crippen molar-refractivity contribution >= 4 is 5.91 Å². The van der Waals surface area contributed by atoms with E-state index in [0.717, 1.165) is 12.8 Å². The molecule has 1 fully saturated rings. The lowest BCUT2D eigenvalue weighted by Gasteiger charge is -2.26. The van der Waals surface area contributed by atoms with Crippen molar-refractivity contribution in [2.24, 2.45) is 5.41 Å². The predicted molar refractivity (Wildman–Crippen MR) is 66.6 cm³/mol. The Kier molecular flexibility index (Phi) is 4.51. The number of halogens is 4. The number of hydrogen-bond acceptors (Lipinski definition) is 2. The summed E-state index contributed by atoms with van der Waals surface area (Å²) in [4.78, 5) is 11.8. The first-order valence-corrected chi connectivity index (χ1v) is 6.62. The molecule has 0 spiro atoms. The van der Waals surface area contributed by atoms with Gasteiger partial charge in [0.15, 0.2) is 23.3 Å². The van der Waals surface area contributed by atoms with Crippen LogP contribution < -0.4 is 5.32 Å². The molecule has 0 bridgehead atoms. The Morgan fingerprint density at radius 1 is 1.14 bits per heavy atom. The lowest BCUT2D eigenvalue weighted by Crippen LogP contribution is -2.38. The summed E-state index contributed by atoms with van der Waals surface area (Å²) >= 11 is 0. The molecule has 2 rings (SSSR count). The molecule has 1 aromatic rings. The normalized spacial score (nSPS) is 17.0. The SMILES string of the molecule is O=C(NCC1(CO)CCCC1)c1cc(F)c(F)c(F)c1F. The van der Waals surface area contributed by atoms with E-state index in [1.54, 1.807) is 0 Å². The molecule has 7 heteroatoms. The van der Waals surface area contributed by atoms with E-state index in [4.69, 9.17) is 0 Å². The fourth-order valence-electron chi connectivity index (χ4n) is 2.62. The van der Waals surface area contributed by atoms with Gasteiger partial charge in [-0.2, -0.15) is 0 Å². The first-order valence-electron chi connectivity index (χ1n) is 6.62. The molecule has 0 heterocycles. The third-order valence-electron chi connectivity index (χ3n) is 3.97. The van der Waals surface area contributed by atoms with Crippen LogP contribution in [-0.2, 0) is 0 Å². The van der Waals surface area contributed by atoms with Gasteiger partial charge in [-0.25, -0.2) is 17.6 Å². The molecule has 1 saturated carbocycles. The quantitative estimate of drug-likeness (QED) is 0.510. The van der Waals surface area contributed by atoms with Gasteiger partial charge in [-0.15, -0.1) is 0 Å². The first kappa shape index (κ1) is 15.8. The van der Waals surface area contributed by atoms with Crippen molar-refractivity contribution in [1.82, 2.24) is 5.32 Å². The molecule has 2 N–H and O–H groups in total. The van der Waals surface area contributed by atoms with Crippen LogP contribution in [0.3, 0.4) is 0 Å². The number of hydrogen-bond donors (Lipinski definition) is 2. The van der Waals surface area contributed by atoms with Gasteiger partial charge in [0.05, 0.1) is 12.2 Å². The molecule has 116 valence electrons. The Labute approximate surface area is 119 Å². The van der Waals surface area contributed by atoms with Gasteiger partial charge in [0, 0.05) is 12.0 Å². The van der Waals surface area contributed by atoms with Gasteiger partial charge in [-0.3, -0.25) is 4.79 Å². The molecule has 1 aromatic carbocycles. The zero-order chi connectivity index (χ0) is 15.6. The van der Waals surface area contributed by atoms with Crippen LogP contribution in [0.5, 0.6) is 0 Å². The maximum Gasteiger partial charge on any atom is 0.254 e. The Balaban J connectivity index is 2.14. The van der Waals surface area contributed by atoms with Crippen LogP contribution in [0.25, 0.3) is 0 Å². The van der Waals surface area contributed by atoms with Crippen molar-refractivity contribution < 1.29 is 27.5 Å². The van der Waals surface area contributed by atoms with Gasteiger partial charge < -0.3 is 10.4 Å². The summed E-state index contributed by atoms with van der Waals surface area (Å²) in [6.45, 7) is -0.0652. The number of carbonyl (C=O) groups is 1. The van der Waals surface area contributed by atoms with E-state index in [2.05, 4.69) is 5.32 Å². The molecule has 0 saturated heterocycles. The minimum Gasteiger partial charge on any atom is -0.396 e. The van der Waals surface area contributed by atoms with Crippen LogP contribution in [0, 0.1) is 28.7 Å². The van der Waals surface area contributed by atoms with Crippen molar-refractivity contribution in [1.29, 1.82) is 0 Å². The third-order valence-corrected chi connectivity index (χ3v) is 3.97. The number of nitrogens with one attached hydrogen (secondary N) is 1. The second kappa shape index (κ2) is 6.01. The predicted octanol–water partition coefficient (Wildman–Crippen LogP) is 2.53. The molecule has 21 heavy (non-hydrogen) atoms. The van der Waals surface area contributed by atoms with Crippen LogP contribution in [0.15, 0.2) is 6.07 Å². The van der Waals surface area contributed by atoms with Crippen LogP contribution in [-0.4, -0.2) is 24.2 Å². The Bertz CT molecular complexity index is 556. The van der Waals surface area contributed by atoms with Gasteiger partial charge in [0.25, 0.3) is 5.91 Å². The Hall–Kier alpha value is -1.63. The molecule has 1 aliphatic carbocycles. The largest absolute Gasteiger partial charge is 0.396 e. The molecule has 0 radical (unpaired) electrons.